The highest BCUT2D eigenvalue weighted by Gasteiger charge is 2.31. The standard InChI is InChI=1S/C15H19N3O2/c1-11-4-5-12(9-16)8-13(11)18-14(19)17-10-15(20)6-2-3-7-15/h4-5,8,20H,2-3,6-7,10H2,1H3,(H2,17,18,19). The van der Waals surface area contributed by atoms with Gasteiger partial charge in [0, 0.05) is 12.2 Å². The lowest BCUT2D eigenvalue weighted by atomic mass is 10.0. The van der Waals surface area contributed by atoms with E-state index in [1.165, 1.54) is 0 Å². The van der Waals surface area contributed by atoms with Gasteiger partial charge in [-0.1, -0.05) is 18.9 Å². The van der Waals surface area contributed by atoms with Crippen LogP contribution in [-0.2, 0) is 0 Å². The molecule has 5 heteroatoms. The molecule has 106 valence electrons. The van der Waals surface area contributed by atoms with Crippen LogP contribution in [0.3, 0.4) is 0 Å². The molecule has 0 atom stereocenters. The Hall–Kier alpha value is -2.06. The second kappa shape index (κ2) is 5.93. The summed E-state index contributed by atoms with van der Waals surface area (Å²) in [7, 11) is 0. The fourth-order valence-electron chi connectivity index (χ4n) is 2.45. The van der Waals surface area contributed by atoms with Gasteiger partial charge < -0.3 is 15.7 Å². The Kier molecular flexibility index (Phi) is 4.26. The Balaban J connectivity index is 1.93. The second-order valence-corrected chi connectivity index (χ2v) is 5.38. The normalized spacial score (nSPS) is 16.4. The summed E-state index contributed by atoms with van der Waals surface area (Å²) in [6.45, 7) is 2.12. The van der Waals surface area contributed by atoms with Gasteiger partial charge in [-0.3, -0.25) is 0 Å². The van der Waals surface area contributed by atoms with Crippen LogP contribution in [0.5, 0.6) is 0 Å². The highest BCUT2D eigenvalue weighted by atomic mass is 16.3. The van der Waals surface area contributed by atoms with Crippen LogP contribution < -0.4 is 10.6 Å². The fraction of sp³-hybridized carbons (Fsp3) is 0.467. The maximum atomic E-state index is 11.8. The van der Waals surface area contributed by atoms with E-state index in [2.05, 4.69) is 10.6 Å². The third-order valence-corrected chi connectivity index (χ3v) is 3.73. The zero-order valence-electron chi connectivity index (χ0n) is 11.6. The van der Waals surface area contributed by atoms with Gasteiger partial charge in [-0.2, -0.15) is 5.26 Å². The van der Waals surface area contributed by atoms with Gasteiger partial charge >= 0.3 is 6.03 Å². The number of aryl methyl sites for hydroxylation is 1. The second-order valence-electron chi connectivity index (χ2n) is 5.38. The number of anilines is 1. The van der Waals surface area contributed by atoms with Crippen LogP contribution in [0, 0.1) is 18.3 Å². The summed E-state index contributed by atoms with van der Waals surface area (Å²) in [5.41, 5.74) is 1.24. The third-order valence-electron chi connectivity index (χ3n) is 3.73. The number of urea groups is 1. The lowest BCUT2D eigenvalue weighted by Crippen LogP contribution is -2.42. The Labute approximate surface area is 118 Å². The first-order valence-corrected chi connectivity index (χ1v) is 6.80. The van der Waals surface area contributed by atoms with Crippen molar-refractivity contribution in [1.82, 2.24) is 5.32 Å². The number of nitrogens with zero attached hydrogens (tertiary/aromatic N) is 1. The molecule has 0 bridgehead atoms. The number of nitriles is 1. The zero-order chi connectivity index (χ0) is 14.6. The van der Waals surface area contributed by atoms with Gasteiger partial charge in [-0.15, -0.1) is 0 Å². The molecular weight excluding hydrogens is 254 g/mol. The van der Waals surface area contributed by atoms with E-state index in [0.29, 0.717) is 11.3 Å². The Morgan fingerprint density at radius 1 is 1.45 bits per heavy atom. The first-order valence-electron chi connectivity index (χ1n) is 6.80. The summed E-state index contributed by atoms with van der Waals surface area (Å²) in [6, 6.07) is 6.82. The Morgan fingerprint density at radius 2 is 2.15 bits per heavy atom. The van der Waals surface area contributed by atoms with E-state index in [4.69, 9.17) is 5.26 Å². The number of carbonyl (C=O) groups is 1. The van der Waals surface area contributed by atoms with Crippen molar-refractivity contribution in [3.8, 4) is 6.07 Å². The molecule has 20 heavy (non-hydrogen) atoms. The van der Waals surface area contributed by atoms with E-state index in [1.54, 1.807) is 18.2 Å². The SMILES string of the molecule is Cc1ccc(C#N)cc1NC(=O)NCC1(O)CCCC1. The predicted octanol–water partition coefficient (Wildman–Crippen LogP) is 2.29. The monoisotopic (exact) mass is 273 g/mol. The molecule has 0 unspecified atom stereocenters. The number of hydrogen-bond acceptors (Lipinski definition) is 3. The first kappa shape index (κ1) is 14.4. The van der Waals surface area contributed by atoms with Gasteiger partial charge in [0.2, 0.25) is 0 Å². The minimum Gasteiger partial charge on any atom is -0.388 e. The molecule has 0 saturated heterocycles. The molecule has 5 nitrogen and oxygen atoms in total. The molecule has 1 fully saturated rings. The molecule has 0 spiro atoms. The average molecular weight is 273 g/mol. The van der Waals surface area contributed by atoms with E-state index in [1.807, 2.05) is 13.0 Å². The number of hydrogen-bond donors (Lipinski definition) is 3. The molecule has 2 rings (SSSR count). The molecular formula is C15H19N3O2. The smallest absolute Gasteiger partial charge is 0.319 e. The van der Waals surface area contributed by atoms with Crippen molar-refractivity contribution in [3.05, 3.63) is 29.3 Å². The fourth-order valence-corrected chi connectivity index (χ4v) is 2.45. The molecule has 1 aromatic carbocycles. The van der Waals surface area contributed by atoms with E-state index in [9.17, 15) is 9.90 Å². The number of aliphatic hydroxyl groups is 1. The summed E-state index contributed by atoms with van der Waals surface area (Å²) in [5.74, 6) is 0. The Bertz CT molecular complexity index is 543. The molecule has 2 amide bonds. The number of rotatable bonds is 3. The van der Waals surface area contributed by atoms with E-state index >= 15 is 0 Å². The van der Waals surface area contributed by atoms with Gasteiger partial charge in [-0.25, -0.2) is 4.79 Å². The first-order chi connectivity index (χ1) is 9.52. The van der Waals surface area contributed by atoms with Crippen molar-refractivity contribution < 1.29 is 9.90 Å². The topological polar surface area (TPSA) is 85.2 Å². The third kappa shape index (κ3) is 3.49. The number of benzene rings is 1. The minimum atomic E-state index is -0.763. The number of nitrogens with one attached hydrogen (secondary N) is 2. The Morgan fingerprint density at radius 3 is 2.80 bits per heavy atom. The molecule has 1 aliphatic carbocycles. The zero-order valence-corrected chi connectivity index (χ0v) is 11.6. The van der Waals surface area contributed by atoms with E-state index < -0.39 is 5.60 Å². The largest absolute Gasteiger partial charge is 0.388 e. The molecule has 1 aromatic rings. The lowest BCUT2D eigenvalue weighted by Gasteiger charge is -2.22. The summed E-state index contributed by atoms with van der Waals surface area (Å²) < 4.78 is 0. The van der Waals surface area contributed by atoms with Crippen molar-refractivity contribution in [1.29, 1.82) is 5.26 Å². The van der Waals surface area contributed by atoms with Gasteiger partial charge in [0.25, 0.3) is 0 Å². The number of carbonyl (C=O) groups excluding carboxylic acids is 1. The molecule has 1 aliphatic rings. The van der Waals surface area contributed by atoms with E-state index in [-0.39, 0.29) is 12.6 Å². The van der Waals surface area contributed by atoms with Crippen molar-refractivity contribution in [2.24, 2.45) is 0 Å². The molecule has 0 heterocycles. The summed E-state index contributed by atoms with van der Waals surface area (Å²) in [4.78, 5) is 11.8. The quantitative estimate of drug-likeness (QED) is 0.790. The van der Waals surface area contributed by atoms with Crippen LogP contribution in [0.4, 0.5) is 10.5 Å². The molecule has 0 aliphatic heterocycles. The lowest BCUT2D eigenvalue weighted by molar-refractivity contribution is 0.0506. The van der Waals surface area contributed by atoms with Crippen LogP contribution in [-0.4, -0.2) is 23.3 Å². The van der Waals surface area contributed by atoms with Gasteiger partial charge in [0.05, 0.1) is 17.2 Å². The highest BCUT2D eigenvalue weighted by molar-refractivity contribution is 5.90. The highest BCUT2D eigenvalue weighted by Crippen LogP contribution is 2.28. The predicted molar refractivity (Wildman–Crippen MR) is 76.3 cm³/mol. The van der Waals surface area contributed by atoms with Crippen molar-refractivity contribution in [2.75, 3.05) is 11.9 Å². The van der Waals surface area contributed by atoms with Gasteiger partial charge in [0.15, 0.2) is 0 Å². The average Bonchev–Trinajstić information content (AvgIpc) is 2.86. The minimum absolute atomic E-state index is 0.260. The molecule has 1 saturated carbocycles. The van der Waals surface area contributed by atoms with Gasteiger partial charge in [0.1, 0.15) is 0 Å². The van der Waals surface area contributed by atoms with Crippen molar-refractivity contribution in [2.45, 2.75) is 38.2 Å². The maximum absolute atomic E-state index is 11.8. The van der Waals surface area contributed by atoms with Crippen molar-refractivity contribution in [3.63, 3.8) is 0 Å². The van der Waals surface area contributed by atoms with Crippen LogP contribution >= 0.6 is 0 Å². The van der Waals surface area contributed by atoms with Crippen LogP contribution in [0.25, 0.3) is 0 Å². The maximum Gasteiger partial charge on any atom is 0.319 e. The summed E-state index contributed by atoms with van der Waals surface area (Å²) in [6.07, 6.45) is 3.47. The van der Waals surface area contributed by atoms with Crippen LogP contribution in [0.2, 0.25) is 0 Å². The van der Waals surface area contributed by atoms with E-state index in [0.717, 1.165) is 31.2 Å². The summed E-state index contributed by atoms with van der Waals surface area (Å²) >= 11 is 0. The van der Waals surface area contributed by atoms with Gasteiger partial charge in [-0.05, 0) is 37.5 Å². The summed E-state index contributed by atoms with van der Waals surface area (Å²) in [5, 5.41) is 24.4. The molecule has 0 aromatic heterocycles. The number of amides is 2. The molecule has 0 radical (unpaired) electrons. The van der Waals surface area contributed by atoms with Crippen LogP contribution in [0.1, 0.15) is 36.8 Å². The molecule has 3 N–H and O–H groups in total. The van der Waals surface area contributed by atoms with Crippen LogP contribution in [0.15, 0.2) is 18.2 Å². The van der Waals surface area contributed by atoms with Crippen molar-refractivity contribution >= 4 is 11.7 Å².